The maximum atomic E-state index is 5.97. The molecule has 0 radical (unpaired) electrons. The normalized spacial score (nSPS) is 23.8. The summed E-state index contributed by atoms with van der Waals surface area (Å²) in [4.78, 5) is 0. The van der Waals surface area contributed by atoms with Crippen molar-refractivity contribution in [2.45, 2.75) is 45.3 Å². The molecule has 0 aliphatic carbocycles. The second-order valence-electron chi connectivity index (χ2n) is 5.68. The Kier molecular flexibility index (Phi) is 5.86. The van der Waals surface area contributed by atoms with Crippen LogP contribution in [0.4, 0.5) is 0 Å². The van der Waals surface area contributed by atoms with Crippen LogP contribution in [0, 0.1) is 5.92 Å². The average molecular weight is 277 g/mol. The largest absolute Gasteiger partial charge is 0.496 e. The van der Waals surface area contributed by atoms with Crippen LogP contribution in [0.2, 0.25) is 0 Å². The second kappa shape index (κ2) is 7.65. The van der Waals surface area contributed by atoms with Gasteiger partial charge in [0.05, 0.1) is 13.2 Å². The molecule has 1 aliphatic heterocycles. The van der Waals surface area contributed by atoms with Crippen LogP contribution in [-0.4, -0.2) is 32.4 Å². The summed E-state index contributed by atoms with van der Waals surface area (Å²) >= 11 is 0. The molecule has 3 atom stereocenters. The molecule has 1 aliphatic rings. The van der Waals surface area contributed by atoms with Crippen molar-refractivity contribution in [1.82, 2.24) is 5.32 Å². The van der Waals surface area contributed by atoms with Crippen molar-refractivity contribution in [2.24, 2.45) is 5.92 Å². The van der Waals surface area contributed by atoms with Crippen LogP contribution in [0.1, 0.15) is 32.3 Å². The summed E-state index contributed by atoms with van der Waals surface area (Å²) in [5.74, 6) is 1.60. The minimum Gasteiger partial charge on any atom is -0.496 e. The first-order valence-corrected chi connectivity index (χ1v) is 7.73. The van der Waals surface area contributed by atoms with E-state index in [1.165, 1.54) is 12.0 Å². The molecule has 3 unspecified atom stereocenters. The van der Waals surface area contributed by atoms with Gasteiger partial charge in [0, 0.05) is 12.6 Å². The minimum absolute atomic E-state index is 0.312. The van der Waals surface area contributed by atoms with Gasteiger partial charge in [0.25, 0.3) is 0 Å². The highest BCUT2D eigenvalue weighted by atomic mass is 16.5. The third-order valence-corrected chi connectivity index (χ3v) is 4.13. The van der Waals surface area contributed by atoms with Crippen molar-refractivity contribution >= 4 is 0 Å². The van der Waals surface area contributed by atoms with Gasteiger partial charge in [-0.15, -0.1) is 0 Å². The molecule has 112 valence electrons. The van der Waals surface area contributed by atoms with Gasteiger partial charge >= 0.3 is 0 Å². The SMILES string of the molecule is CCCNC(Cc1ccccc1OC)C1OCCC1C. The molecule has 1 heterocycles. The molecule has 0 amide bonds. The predicted octanol–water partition coefficient (Wildman–Crippen LogP) is 3.03. The molecule has 1 aromatic carbocycles. The first-order valence-electron chi connectivity index (χ1n) is 7.73. The van der Waals surface area contributed by atoms with Gasteiger partial charge < -0.3 is 14.8 Å². The zero-order valence-electron chi connectivity index (χ0n) is 12.9. The predicted molar refractivity (Wildman–Crippen MR) is 82.3 cm³/mol. The molecule has 3 heteroatoms. The molecule has 1 fully saturated rings. The molecule has 3 nitrogen and oxygen atoms in total. The average Bonchev–Trinajstić information content (AvgIpc) is 2.90. The summed E-state index contributed by atoms with van der Waals surface area (Å²) in [5, 5.41) is 3.66. The molecule has 0 aromatic heterocycles. The third kappa shape index (κ3) is 3.74. The Morgan fingerprint density at radius 2 is 2.20 bits per heavy atom. The summed E-state index contributed by atoms with van der Waals surface area (Å²) in [6.45, 7) is 6.42. The van der Waals surface area contributed by atoms with E-state index in [4.69, 9.17) is 9.47 Å². The van der Waals surface area contributed by atoms with E-state index in [9.17, 15) is 0 Å². The molecule has 0 bridgehead atoms. The van der Waals surface area contributed by atoms with E-state index >= 15 is 0 Å². The quantitative estimate of drug-likeness (QED) is 0.831. The minimum atomic E-state index is 0.312. The van der Waals surface area contributed by atoms with Crippen LogP contribution in [0.15, 0.2) is 24.3 Å². The summed E-state index contributed by atoms with van der Waals surface area (Å²) in [7, 11) is 1.74. The topological polar surface area (TPSA) is 30.5 Å². The van der Waals surface area contributed by atoms with Gasteiger partial charge in [0.15, 0.2) is 0 Å². The highest BCUT2D eigenvalue weighted by Gasteiger charge is 2.32. The van der Waals surface area contributed by atoms with Crippen LogP contribution in [0.25, 0.3) is 0 Å². The number of methoxy groups -OCH3 is 1. The number of nitrogens with one attached hydrogen (secondary N) is 1. The van der Waals surface area contributed by atoms with Crippen molar-refractivity contribution < 1.29 is 9.47 Å². The molecule has 0 saturated carbocycles. The lowest BCUT2D eigenvalue weighted by Gasteiger charge is -2.28. The Bertz CT molecular complexity index is 408. The van der Waals surface area contributed by atoms with Gasteiger partial charge in [-0.3, -0.25) is 0 Å². The molecule has 20 heavy (non-hydrogen) atoms. The number of hydrogen-bond acceptors (Lipinski definition) is 3. The molecule has 1 saturated heterocycles. The van der Waals surface area contributed by atoms with E-state index in [1.807, 2.05) is 12.1 Å². The zero-order valence-corrected chi connectivity index (χ0v) is 12.9. The highest BCUT2D eigenvalue weighted by Crippen LogP contribution is 2.27. The van der Waals surface area contributed by atoms with Gasteiger partial charge in [0.1, 0.15) is 5.75 Å². The van der Waals surface area contributed by atoms with Crippen LogP contribution in [-0.2, 0) is 11.2 Å². The Balaban J connectivity index is 2.10. The monoisotopic (exact) mass is 277 g/mol. The van der Waals surface area contributed by atoms with Gasteiger partial charge in [-0.1, -0.05) is 32.0 Å². The van der Waals surface area contributed by atoms with E-state index < -0.39 is 0 Å². The molecule has 0 spiro atoms. The fraction of sp³-hybridized carbons (Fsp3) is 0.647. The van der Waals surface area contributed by atoms with Gasteiger partial charge in [-0.05, 0) is 43.4 Å². The van der Waals surface area contributed by atoms with E-state index in [2.05, 4.69) is 31.3 Å². The Labute approximate surface area is 122 Å². The maximum Gasteiger partial charge on any atom is 0.122 e. The fourth-order valence-corrected chi connectivity index (χ4v) is 2.97. The first-order chi connectivity index (χ1) is 9.76. The molecular weight excluding hydrogens is 250 g/mol. The van der Waals surface area contributed by atoms with E-state index in [0.29, 0.717) is 18.1 Å². The number of hydrogen-bond donors (Lipinski definition) is 1. The molecule has 1 aromatic rings. The Morgan fingerprint density at radius 1 is 1.40 bits per heavy atom. The summed E-state index contributed by atoms with van der Waals surface area (Å²) < 4.78 is 11.4. The number of ether oxygens (including phenoxy) is 2. The number of rotatable bonds is 7. The number of para-hydroxylation sites is 1. The fourth-order valence-electron chi connectivity index (χ4n) is 2.97. The van der Waals surface area contributed by atoms with Crippen LogP contribution < -0.4 is 10.1 Å². The van der Waals surface area contributed by atoms with Crippen molar-refractivity contribution in [3.05, 3.63) is 29.8 Å². The van der Waals surface area contributed by atoms with Crippen molar-refractivity contribution in [2.75, 3.05) is 20.3 Å². The number of benzene rings is 1. The second-order valence-corrected chi connectivity index (χ2v) is 5.68. The Morgan fingerprint density at radius 3 is 2.85 bits per heavy atom. The Hall–Kier alpha value is -1.06. The summed E-state index contributed by atoms with van der Waals surface area (Å²) in [6.07, 6.45) is 3.58. The van der Waals surface area contributed by atoms with Gasteiger partial charge in [-0.2, -0.15) is 0 Å². The highest BCUT2D eigenvalue weighted by molar-refractivity contribution is 5.34. The van der Waals surface area contributed by atoms with E-state index in [0.717, 1.165) is 31.7 Å². The third-order valence-electron chi connectivity index (χ3n) is 4.13. The standard InChI is InChI=1S/C17H27NO2/c1-4-10-18-15(17-13(2)9-11-20-17)12-14-7-5-6-8-16(14)19-3/h5-8,13,15,17-18H,4,9-12H2,1-3H3. The smallest absolute Gasteiger partial charge is 0.122 e. The zero-order chi connectivity index (χ0) is 14.4. The van der Waals surface area contributed by atoms with Crippen LogP contribution in [0.3, 0.4) is 0 Å². The molecule has 1 N–H and O–H groups in total. The van der Waals surface area contributed by atoms with Gasteiger partial charge in [-0.25, -0.2) is 0 Å². The maximum absolute atomic E-state index is 5.97. The van der Waals surface area contributed by atoms with E-state index in [1.54, 1.807) is 7.11 Å². The molecule has 2 rings (SSSR count). The van der Waals surface area contributed by atoms with Crippen molar-refractivity contribution in [1.29, 1.82) is 0 Å². The summed E-state index contributed by atoms with van der Waals surface area (Å²) in [6, 6.07) is 8.65. The van der Waals surface area contributed by atoms with Crippen LogP contribution >= 0.6 is 0 Å². The summed E-state index contributed by atoms with van der Waals surface area (Å²) in [5.41, 5.74) is 1.26. The molecular formula is C17H27NO2. The lowest BCUT2D eigenvalue weighted by molar-refractivity contribution is 0.0608. The van der Waals surface area contributed by atoms with E-state index in [-0.39, 0.29) is 0 Å². The lowest BCUT2D eigenvalue weighted by Crippen LogP contribution is -2.44. The van der Waals surface area contributed by atoms with Crippen LogP contribution in [0.5, 0.6) is 5.75 Å². The van der Waals surface area contributed by atoms with Crippen molar-refractivity contribution in [3.63, 3.8) is 0 Å². The lowest BCUT2D eigenvalue weighted by atomic mass is 9.92. The first kappa shape index (κ1) is 15.3. The van der Waals surface area contributed by atoms with Gasteiger partial charge in [0.2, 0.25) is 0 Å². The van der Waals surface area contributed by atoms with Crippen molar-refractivity contribution in [3.8, 4) is 5.75 Å².